The van der Waals surface area contributed by atoms with Crippen LogP contribution >= 0.6 is 11.3 Å². The third-order valence-corrected chi connectivity index (χ3v) is 7.44. The van der Waals surface area contributed by atoms with Crippen LogP contribution in [0.5, 0.6) is 0 Å². The number of aliphatic hydroxyl groups is 1. The lowest BCUT2D eigenvalue weighted by Gasteiger charge is -2.38. The van der Waals surface area contributed by atoms with E-state index in [9.17, 15) is 14.7 Å². The summed E-state index contributed by atoms with van der Waals surface area (Å²) in [6.45, 7) is 8.36. The summed E-state index contributed by atoms with van der Waals surface area (Å²) in [5, 5.41) is 10.00. The molecule has 0 saturated heterocycles. The summed E-state index contributed by atoms with van der Waals surface area (Å²) in [6, 6.07) is 1.85. The number of amides is 2. The van der Waals surface area contributed by atoms with Crippen LogP contribution in [0.15, 0.2) is 6.07 Å². The van der Waals surface area contributed by atoms with Gasteiger partial charge in [0.25, 0.3) is 5.91 Å². The maximum Gasteiger partial charge on any atom is 0.260 e. The molecule has 0 atom stereocenters. The number of aliphatic hydroxyl groups excluding tert-OH is 1. The number of thiophene rings is 1. The Bertz CT molecular complexity index is 858. The smallest absolute Gasteiger partial charge is 0.260 e. The molecule has 1 aromatic heterocycles. The van der Waals surface area contributed by atoms with Crippen molar-refractivity contribution in [2.24, 2.45) is 23.0 Å². The van der Waals surface area contributed by atoms with Crippen molar-refractivity contribution in [3.05, 3.63) is 15.8 Å². The molecule has 0 unspecified atom stereocenters. The number of rotatable bonds is 4. The Hall–Kier alpha value is -1.84. The number of primary amides is 1. The minimum Gasteiger partial charge on any atom is -0.393 e. The average Bonchev–Trinajstić information content (AvgIpc) is 3.12. The van der Waals surface area contributed by atoms with Crippen molar-refractivity contribution < 1.29 is 14.7 Å². The van der Waals surface area contributed by atoms with Gasteiger partial charge in [-0.15, -0.1) is 11.3 Å². The highest BCUT2D eigenvalue weighted by molar-refractivity contribution is 7.15. The highest BCUT2D eigenvalue weighted by Gasteiger charge is 2.37. The number of hydrogen-bond donors (Lipinski definition) is 2. The van der Waals surface area contributed by atoms with E-state index < -0.39 is 5.91 Å². The summed E-state index contributed by atoms with van der Waals surface area (Å²) in [5.41, 5.74) is 6.19. The van der Waals surface area contributed by atoms with Gasteiger partial charge in [-0.25, -0.2) is 0 Å². The number of nitrogens with zero attached hydrogens (tertiary/aromatic N) is 1. The normalized spacial score (nSPS) is 26.6. The Morgan fingerprint density at radius 3 is 2.26 bits per heavy atom. The van der Waals surface area contributed by atoms with E-state index in [-0.39, 0.29) is 29.4 Å². The van der Waals surface area contributed by atoms with Gasteiger partial charge in [0, 0.05) is 17.4 Å². The largest absolute Gasteiger partial charge is 0.393 e. The molecule has 3 N–H and O–H groups in total. The molecule has 1 aromatic rings. The molecule has 170 valence electrons. The number of hydrogen-bond acceptors (Lipinski definition) is 4. The van der Waals surface area contributed by atoms with Crippen LogP contribution in [0.2, 0.25) is 0 Å². The van der Waals surface area contributed by atoms with E-state index in [0.29, 0.717) is 29.3 Å². The maximum absolute atomic E-state index is 13.8. The predicted octanol–water partition coefficient (Wildman–Crippen LogP) is 4.71. The summed E-state index contributed by atoms with van der Waals surface area (Å²) in [7, 11) is 0. The van der Waals surface area contributed by atoms with Crippen molar-refractivity contribution in [1.29, 1.82) is 0 Å². The molecule has 31 heavy (non-hydrogen) atoms. The second-order valence-corrected chi connectivity index (χ2v) is 11.4. The monoisotopic (exact) mass is 444 g/mol. The average molecular weight is 445 g/mol. The van der Waals surface area contributed by atoms with Crippen LogP contribution in [-0.4, -0.2) is 29.1 Å². The van der Waals surface area contributed by atoms with Gasteiger partial charge in [0.05, 0.1) is 16.7 Å². The zero-order chi connectivity index (χ0) is 22.8. The van der Waals surface area contributed by atoms with Gasteiger partial charge in [-0.3, -0.25) is 9.59 Å². The van der Waals surface area contributed by atoms with E-state index >= 15 is 0 Å². The fraction of sp³-hybridized carbons (Fsp3) is 0.680. The summed E-state index contributed by atoms with van der Waals surface area (Å²) < 4.78 is 0. The first-order valence-electron chi connectivity index (χ1n) is 11.5. The lowest BCUT2D eigenvalue weighted by molar-refractivity contribution is -0.124. The summed E-state index contributed by atoms with van der Waals surface area (Å²) in [5.74, 6) is 6.60. The maximum atomic E-state index is 13.8. The zero-order valence-corrected chi connectivity index (χ0v) is 20.1. The Balaban J connectivity index is 1.99. The van der Waals surface area contributed by atoms with E-state index in [2.05, 4.69) is 18.8 Å². The molecule has 2 aliphatic carbocycles. The first kappa shape index (κ1) is 23.8. The zero-order valence-electron chi connectivity index (χ0n) is 19.2. The molecule has 6 heteroatoms. The fourth-order valence-electron chi connectivity index (χ4n) is 4.56. The molecular formula is C25H36N2O3S. The SMILES string of the molecule is CC(C)(C)C#Cc1cc(N(C(=O)[C@H]2CC[C@H](C)CC2)[C@H]2CC[C@@H](O)CC2)c(C(N)=O)s1. The topological polar surface area (TPSA) is 83.6 Å². The third kappa shape index (κ3) is 6.11. The Morgan fingerprint density at radius 1 is 1.10 bits per heavy atom. The lowest BCUT2D eigenvalue weighted by atomic mass is 9.81. The second-order valence-electron chi connectivity index (χ2n) is 10.3. The fourth-order valence-corrected chi connectivity index (χ4v) is 5.42. The van der Waals surface area contributed by atoms with Crippen LogP contribution in [0.4, 0.5) is 5.69 Å². The minimum atomic E-state index is -0.519. The number of carbonyl (C=O) groups is 2. The number of nitrogens with two attached hydrogens (primary N) is 1. The standard InChI is InChI=1S/C25H36N2O3S/c1-16-5-7-17(8-6-16)24(30)27(18-9-11-19(28)12-10-18)21-15-20(13-14-25(2,3)4)31-22(21)23(26)29/h15-19,28H,5-12H2,1-4H3,(H2,26,29)/t16-,17-,18-,19+. The van der Waals surface area contributed by atoms with Crippen molar-refractivity contribution >= 4 is 28.8 Å². The first-order valence-corrected chi connectivity index (χ1v) is 12.3. The van der Waals surface area contributed by atoms with E-state index in [4.69, 9.17) is 5.73 Å². The number of carbonyl (C=O) groups excluding carboxylic acids is 2. The van der Waals surface area contributed by atoms with Crippen LogP contribution in [0.1, 0.15) is 93.6 Å². The van der Waals surface area contributed by atoms with Gasteiger partial charge in [-0.2, -0.15) is 0 Å². The molecule has 0 bridgehead atoms. The highest BCUT2D eigenvalue weighted by Crippen LogP contribution is 2.38. The molecule has 1 heterocycles. The van der Waals surface area contributed by atoms with Crippen molar-refractivity contribution in [2.75, 3.05) is 4.90 Å². The molecular weight excluding hydrogens is 408 g/mol. The highest BCUT2D eigenvalue weighted by atomic mass is 32.1. The van der Waals surface area contributed by atoms with Gasteiger partial charge in [-0.1, -0.05) is 18.8 Å². The van der Waals surface area contributed by atoms with Gasteiger partial charge in [0.1, 0.15) is 4.88 Å². The van der Waals surface area contributed by atoms with E-state index in [1.165, 1.54) is 11.3 Å². The van der Waals surface area contributed by atoms with Gasteiger partial charge in [0.15, 0.2) is 0 Å². The van der Waals surface area contributed by atoms with Crippen molar-refractivity contribution in [3.63, 3.8) is 0 Å². The number of anilines is 1. The van der Waals surface area contributed by atoms with Crippen LogP contribution in [-0.2, 0) is 4.79 Å². The molecule has 0 spiro atoms. The molecule has 3 rings (SSSR count). The van der Waals surface area contributed by atoms with E-state index in [1.54, 1.807) is 0 Å². The second kappa shape index (κ2) is 9.75. The summed E-state index contributed by atoms with van der Waals surface area (Å²) in [6.07, 6.45) is 6.38. The molecule has 0 aromatic carbocycles. The van der Waals surface area contributed by atoms with E-state index in [1.807, 2.05) is 31.7 Å². The van der Waals surface area contributed by atoms with Crippen molar-refractivity contribution in [2.45, 2.75) is 91.2 Å². The van der Waals surface area contributed by atoms with Crippen molar-refractivity contribution in [1.82, 2.24) is 0 Å². The summed E-state index contributed by atoms with van der Waals surface area (Å²) >= 11 is 1.27. The predicted molar refractivity (Wildman–Crippen MR) is 126 cm³/mol. The quantitative estimate of drug-likeness (QED) is 0.660. The Morgan fingerprint density at radius 2 is 1.71 bits per heavy atom. The molecule has 2 fully saturated rings. The van der Waals surface area contributed by atoms with Crippen LogP contribution in [0.25, 0.3) is 0 Å². The van der Waals surface area contributed by atoms with Gasteiger partial charge in [-0.05, 0) is 84.1 Å². The lowest BCUT2D eigenvalue weighted by Crippen LogP contribution is -2.47. The molecule has 5 nitrogen and oxygen atoms in total. The van der Waals surface area contributed by atoms with Crippen LogP contribution in [0, 0.1) is 29.1 Å². The minimum absolute atomic E-state index is 0.0206. The Kier molecular flexibility index (Phi) is 7.49. The Labute approximate surface area is 190 Å². The van der Waals surface area contributed by atoms with Crippen LogP contribution < -0.4 is 10.6 Å². The third-order valence-electron chi connectivity index (χ3n) is 6.39. The summed E-state index contributed by atoms with van der Waals surface area (Å²) in [4.78, 5) is 29.1. The van der Waals surface area contributed by atoms with Gasteiger partial charge >= 0.3 is 0 Å². The van der Waals surface area contributed by atoms with E-state index in [0.717, 1.165) is 43.4 Å². The molecule has 0 aliphatic heterocycles. The first-order chi connectivity index (χ1) is 14.5. The van der Waals surface area contributed by atoms with Crippen LogP contribution in [0.3, 0.4) is 0 Å². The molecule has 2 saturated carbocycles. The molecule has 2 aliphatic rings. The van der Waals surface area contributed by atoms with Crippen molar-refractivity contribution in [3.8, 4) is 11.8 Å². The molecule has 2 amide bonds. The molecule has 0 radical (unpaired) electrons. The van der Waals surface area contributed by atoms with Gasteiger partial charge in [0.2, 0.25) is 5.91 Å². The van der Waals surface area contributed by atoms with Gasteiger partial charge < -0.3 is 15.7 Å².